The Morgan fingerprint density at radius 3 is 2.75 bits per heavy atom. The number of hydrogen-bond donors (Lipinski definition) is 0. The number of para-hydroxylation sites is 2. The highest BCUT2D eigenvalue weighted by atomic mass is 32.2. The van der Waals surface area contributed by atoms with Crippen LogP contribution in [0.4, 0.5) is 11.4 Å². The maximum Gasteiger partial charge on any atom is 0.152 e. The SMILES string of the molecule is CN1c2ccccc2Sc2cccc(-c3conn3)c21. The maximum absolute atomic E-state index is 4.88. The number of aromatic nitrogens is 2. The summed E-state index contributed by atoms with van der Waals surface area (Å²) in [7, 11) is 2.08. The van der Waals surface area contributed by atoms with Crippen molar-refractivity contribution in [3.05, 3.63) is 48.7 Å². The van der Waals surface area contributed by atoms with E-state index in [1.54, 1.807) is 18.0 Å². The molecule has 4 nitrogen and oxygen atoms in total. The average molecular weight is 281 g/mol. The molecule has 4 rings (SSSR count). The molecular formula is C15H11N3OS. The Kier molecular flexibility index (Phi) is 2.53. The van der Waals surface area contributed by atoms with Gasteiger partial charge in [0.1, 0.15) is 5.69 Å². The lowest BCUT2D eigenvalue weighted by atomic mass is 10.1. The smallest absolute Gasteiger partial charge is 0.152 e. The number of nitrogens with zero attached hydrogens (tertiary/aromatic N) is 3. The lowest BCUT2D eigenvalue weighted by molar-refractivity contribution is 0.393. The third-order valence-electron chi connectivity index (χ3n) is 3.42. The van der Waals surface area contributed by atoms with Crippen molar-refractivity contribution in [2.75, 3.05) is 11.9 Å². The predicted octanol–water partition coefficient (Wildman–Crippen LogP) is 3.97. The number of anilines is 2. The summed E-state index contributed by atoms with van der Waals surface area (Å²) >= 11 is 1.78. The fourth-order valence-corrected chi connectivity index (χ4v) is 3.68. The topological polar surface area (TPSA) is 42.2 Å². The van der Waals surface area contributed by atoms with Gasteiger partial charge in [0.25, 0.3) is 0 Å². The molecule has 1 aliphatic heterocycles. The zero-order chi connectivity index (χ0) is 13.5. The number of hydrogen-bond acceptors (Lipinski definition) is 5. The molecule has 0 aliphatic carbocycles. The highest BCUT2D eigenvalue weighted by Crippen LogP contribution is 2.50. The lowest BCUT2D eigenvalue weighted by Gasteiger charge is -2.30. The van der Waals surface area contributed by atoms with Crippen LogP contribution in [0.3, 0.4) is 0 Å². The van der Waals surface area contributed by atoms with Gasteiger partial charge in [-0.15, -0.1) is 5.10 Å². The van der Waals surface area contributed by atoms with Crippen molar-refractivity contribution < 1.29 is 4.52 Å². The predicted molar refractivity (Wildman–Crippen MR) is 78.4 cm³/mol. The number of fused-ring (bicyclic) bond motifs is 2. The summed E-state index contributed by atoms with van der Waals surface area (Å²) < 4.78 is 4.88. The van der Waals surface area contributed by atoms with Crippen LogP contribution in [0.25, 0.3) is 11.3 Å². The van der Waals surface area contributed by atoms with Crippen molar-refractivity contribution in [1.82, 2.24) is 10.4 Å². The Balaban J connectivity index is 1.94. The fraction of sp³-hybridized carbons (Fsp3) is 0.0667. The summed E-state index contributed by atoms with van der Waals surface area (Å²) in [5, 5.41) is 7.60. The van der Waals surface area contributed by atoms with Gasteiger partial charge in [-0.1, -0.05) is 36.0 Å². The van der Waals surface area contributed by atoms with E-state index in [1.807, 2.05) is 12.1 Å². The van der Waals surface area contributed by atoms with Crippen LogP contribution < -0.4 is 4.90 Å². The quantitative estimate of drug-likeness (QED) is 0.675. The molecule has 2 aromatic carbocycles. The summed E-state index contributed by atoms with van der Waals surface area (Å²) in [4.78, 5) is 4.68. The first kappa shape index (κ1) is 11.5. The molecule has 1 aromatic heterocycles. The molecule has 0 N–H and O–H groups in total. The van der Waals surface area contributed by atoms with E-state index in [4.69, 9.17) is 4.52 Å². The van der Waals surface area contributed by atoms with Gasteiger partial charge in [-0.2, -0.15) is 0 Å². The summed E-state index contributed by atoms with van der Waals surface area (Å²) in [6, 6.07) is 14.6. The van der Waals surface area contributed by atoms with Gasteiger partial charge in [0.2, 0.25) is 0 Å². The van der Waals surface area contributed by atoms with Crippen molar-refractivity contribution in [2.45, 2.75) is 9.79 Å². The second kappa shape index (κ2) is 4.38. The molecule has 0 saturated carbocycles. The van der Waals surface area contributed by atoms with Crippen LogP contribution >= 0.6 is 11.8 Å². The first-order valence-electron chi connectivity index (χ1n) is 6.25. The van der Waals surface area contributed by atoms with Gasteiger partial charge in [0, 0.05) is 27.7 Å². The molecule has 0 unspecified atom stereocenters. The van der Waals surface area contributed by atoms with Crippen LogP contribution in [0.5, 0.6) is 0 Å². The van der Waals surface area contributed by atoms with Crippen molar-refractivity contribution in [3.63, 3.8) is 0 Å². The minimum Gasteiger partial charge on any atom is -0.345 e. The zero-order valence-electron chi connectivity index (χ0n) is 10.8. The Morgan fingerprint density at radius 2 is 1.90 bits per heavy atom. The summed E-state index contributed by atoms with van der Waals surface area (Å²) in [6.07, 6.45) is 1.58. The highest BCUT2D eigenvalue weighted by Gasteiger charge is 2.24. The van der Waals surface area contributed by atoms with Crippen LogP contribution in [0.15, 0.2) is 63.0 Å². The Hall–Kier alpha value is -2.27. The summed E-state index contributed by atoms with van der Waals surface area (Å²) in [5.41, 5.74) is 4.14. The number of benzene rings is 2. The van der Waals surface area contributed by atoms with Crippen molar-refractivity contribution in [2.24, 2.45) is 0 Å². The van der Waals surface area contributed by atoms with E-state index < -0.39 is 0 Å². The van der Waals surface area contributed by atoms with E-state index in [9.17, 15) is 0 Å². The Bertz CT molecular complexity index is 771. The van der Waals surface area contributed by atoms with Crippen LogP contribution in [0.2, 0.25) is 0 Å². The third kappa shape index (κ3) is 1.63. The van der Waals surface area contributed by atoms with E-state index in [-0.39, 0.29) is 0 Å². The summed E-state index contributed by atoms with van der Waals surface area (Å²) in [5.74, 6) is 0. The minimum atomic E-state index is 0.758. The third-order valence-corrected chi connectivity index (χ3v) is 4.53. The second-order valence-electron chi connectivity index (χ2n) is 4.57. The molecule has 3 aromatic rings. The van der Waals surface area contributed by atoms with Gasteiger partial charge >= 0.3 is 0 Å². The van der Waals surface area contributed by atoms with E-state index in [0.717, 1.165) is 16.9 Å². The molecular weight excluding hydrogens is 270 g/mol. The van der Waals surface area contributed by atoms with Gasteiger partial charge in [0.15, 0.2) is 6.26 Å². The molecule has 0 radical (unpaired) electrons. The van der Waals surface area contributed by atoms with Gasteiger partial charge < -0.3 is 9.42 Å². The van der Waals surface area contributed by atoms with Gasteiger partial charge in [-0.05, 0) is 18.2 Å². The number of rotatable bonds is 1. The molecule has 0 fully saturated rings. The molecule has 0 spiro atoms. The van der Waals surface area contributed by atoms with Crippen LogP contribution in [-0.4, -0.2) is 17.4 Å². The molecule has 0 bridgehead atoms. The van der Waals surface area contributed by atoms with Gasteiger partial charge in [-0.25, -0.2) is 0 Å². The molecule has 98 valence electrons. The molecule has 0 amide bonds. The maximum atomic E-state index is 4.88. The lowest BCUT2D eigenvalue weighted by Crippen LogP contribution is -2.15. The van der Waals surface area contributed by atoms with Crippen LogP contribution in [-0.2, 0) is 0 Å². The average Bonchev–Trinajstić information content (AvgIpc) is 3.01. The molecule has 2 heterocycles. The van der Waals surface area contributed by atoms with Gasteiger partial charge in [0.05, 0.1) is 11.4 Å². The Labute approximate surface area is 120 Å². The molecule has 0 atom stereocenters. The van der Waals surface area contributed by atoms with Crippen LogP contribution in [0, 0.1) is 0 Å². The van der Waals surface area contributed by atoms with E-state index >= 15 is 0 Å². The zero-order valence-corrected chi connectivity index (χ0v) is 11.6. The minimum absolute atomic E-state index is 0.758. The molecule has 0 saturated heterocycles. The molecule has 20 heavy (non-hydrogen) atoms. The summed E-state index contributed by atoms with van der Waals surface area (Å²) in [6.45, 7) is 0. The fourth-order valence-electron chi connectivity index (χ4n) is 2.50. The molecule has 5 heteroatoms. The van der Waals surface area contributed by atoms with E-state index in [2.05, 4.69) is 52.6 Å². The van der Waals surface area contributed by atoms with Crippen molar-refractivity contribution in [1.29, 1.82) is 0 Å². The van der Waals surface area contributed by atoms with E-state index in [0.29, 0.717) is 0 Å². The standard InChI is InChI=1S/C15H11N3OS/c1-18-12-6-2-3-7-13(12)20-14-8-4-5-10(15(14)18)11-9-19-17-16-11/h2-9H,1H3. The van der Waals surface area contributed by atoms with Crippen LogP contribution in [0.1, 0.15) is 0 Å². The normalized spacial score (nSPS) is 12.9. The highest BCUT2D eigenvalue weighted by molar-refractivity contribution is 7.99. The first-order valence-corrected chi connectivity index (χ1v) is 7.07. The Morgan fingerprint density at radius 1 is 1.05 bits per heavy atom. The van der Waals surface area contributed by atoms with Gasteiger partial charge in [-0.3, -0.25) is 0 Å². The van der Waals surface area contributed by atoms with Crippen molar-refractivity contribution >= 4 is 23.1 Å². The van der Waals surface area contributed by atoms with E-state index in [1.165, 1.54) is 15.5 Å². The largest absolute Gasteiger partial charge is 0.345 e. The second-order valence-corrected chi connectivity index (χ2v) is 5.66. The first-order chi connectivity index (χ1) is 9.84. The molecule has 1 aliphatic rings. The van der Waals surface area contributed by atoms with Crippen molar-refractivity contribution in [3.8, 4) is 11.3 Å². The monoisotopic (exact) mass is 281 g/mol.